The molecule has 0 bridgehead atoms. The predicted molar refractivity (Wildman–Crippen MR) is 85.7 cm³/mol. The summed E-state index contributed by atoms with van der Waals surface area (Å²) in [5.41, 5.74) is 7.32. The molecule has 2 aromatic heterocycles. The summed E-state index contributed by atoms with van der Waals surface area (Å²) in [6, 6.07) is 4.28. The van der Waals surface area contributed by atoms with E-state index < -0.39 is 0 Å². The van der Waals surface area contributed by atoms with E-state index in [4.69, 9.17) is 5.73 Å². The summed E-state index contributed by atoms with van der Waals surface area (Å²) in [7, 11) is 0. The molecule has 0 amide bonds. The zero-order chi connectivity index (χ0) is 13.8. The molecule has 102 valence electrons. The average Bonchev–Trinajstić information content (AvgIpc) is 2.83. The highest BCUT2D eigenvalue weighted by atomic mass is 79.9. The first-order chi connectivity index (χ1) is 9.10. The molecule has 2 atom stereocenters. The average molecular weight is 358 g/mol. The minimum absolute atomic E-state index is 0.0976. The van der Waals surface area contributed by atoms with Crippen LogP contribution in [-0.2, 0) is 0 Å². The minimum atomic E-state index is 0.0976. The summed E-state index contributed by atoms with van der Waals surface area (Å²) in [5, 5.41) is 0.980. The van der Waals surface area contributed by atoms with Crippen molar-refractivity contribution in [1.29, 1.82) is 0 Å². The van der Waals surface area contributed by atoms with E-state index in [2.05, 4.69) is 45.0 Å². The maximum absolute atomic E-state index is 6.25. The van der Waals surface area contributed by atoms with E-state index in [0.29, 0.717) is 0 Å². The molecule has 2 unspecified atom stereocenters. The van der Waals surface area contributed by atoms with Crippen LogP contribution in [0.5, 0.6) is 0 Å². The molecule has 0 aromatic carbocycles. The minimum Gasteiger partial charge on any atom is -0.326 e. The van der Waals surface area contributed by atoms with Crippen LogP contribution in [0.2, 0.25) is 0 Å². The molecule has 2 heterocycles. The number of aromatic nitrogens is 2. The highest BCUT2D eigenvalue weighted by molar-refractivity contribution is 9.11. The number of hydrogen-bond donors (Lipinski definition) is 1. The molecule has 0 saturated heterocycles. The molecule has 19 heavy (non-hydrogen) atoms. The topological polar surface area (TPSA) is 51.8 Å². The van der Waals surface area contributed by atoms with Gasteiger partial charge < -0.3 is 5.73 Å². The largest absolute Gasteiger partial charge is 0.326 e. The predicted octanol–water partition coefficient (Wildman–Crippen LogP) is 4.18. The van der Waals surface area contributed by atoms with Crippen molar-refractivity contribution in [2.24, 2.45) is 5.73 Å². The Morgan fingerprint density at radius 2 is 2.05 bits per heavy atom. The lowest BCUT2D eigenvalue weighted by molar-refractivity contribution is 0.638. The molecule has 3 nitrogen and oxygen atoms in total. The Morgan fingerprint density at radius 3 is 2.58 bits per heavy atom. The first-order valence-corrected chi connectivity index (χ1v) is 8.55. The van der Waals surface area contributed by atoms with Crippen molar-refractivity contribution >= 4 is 39.0 Å². The number of aryl methyl sites for hydroxylation is 1. The van der Waals surface area contributed by atoms with Crippen molar-refractivity contribution in [1.82, 2.24) is 9.97 Å². The third-order valence-corrected chi connectivity index (χ3v) is 5.86. The van der Waals surface area contributed by atoms with Crippen LogP contribution in [0.25, 0.3) is 0 Å². The summed E-state index contributed by atoms with van der Waals surface area (Å²) in [6.45, 7) is 4.09. The molecule has 2 N–H and O–H groups in total. The third-order valence-electron chi connectivity index (χ3n) is 2.72. The Balaban J connectivity index is 2.21. The van der Waals surface area contributed by atoms with E-state index in [1.54, 1.807) is 23.1 Å². The van der Waals surface area contributed by atoms with E-state index >= 15 is 0 Å². The van der Waals surface area contributed by atoms with Crippen molar-refractivity contribution in [3.05, 3.63) is 38.8 Å². The van der Waals surface area contributed by atoms with E-state index in [9.17, 15) is 0 Å². The lowest BCUT2D eigenvalue weighted by Crippen LogP contribution is -2.25. The molecule has 2 rings (SSSR count). The monoisotopic (exact) mass is 357 g/mol. The number of halogens is 1. The molecule has 0 spiro atoms. The molecule has 0 fully saturated rings. The SMILES string of the molecule is CCC(N)C(Sc1ncc(C)cn1)c1ccc(Br)s1. The van der Waals surface area contributed by atoms with Gasteiger partial charge in [0.15, 0.2) is 5.16 Å². The van der Waals surface area contributed by atoms with E-state index in [0.717, 1.165) is 20.9 Å². The highest BCUT2D eigenvalue weighted by Crippen LogP contribution is 2.40. The van der Waals surface area contributed by atoms with Gasteiger partial charge in [0.2, 0.25) is 0 Å². The van der Waals surface area contributed by atoms with Gasteiger partial charge in [0.1, 0.15) is 0 Å². The summed E-state index contributed by atoms with van der Waals surface area (Å²) in [4.78, 5) is 9.97. The van der Waals surface area contributed by atoms with Gasteiger partial charge in [-0.05, 0) is 47.0 Å². The van der Waals surface area contributed by atoms with Crippen LogP contribution in [0.1, 0.15) is 29.0 Å². The summed E-state index contributed by atoms with van der Waals surface area (Å²) < 4.78 is 1.13. The lowest BCUT2D eigenvalue weighted by Gasteiger charge is -2.20. The van der Waals surface area contributed by atoms with E-state index in [1.807, 2.05) is 19.3 Å². The number of nitrogens with zero attached hydrogens (tertiary/aromatic N) is 2. The summed E-state index contributed by atoms with van der Waals surface area (Å²) in [6.07, 6.45) is 4.61. The first kappa shape index (κ1) is 15.0. The molecule has 0 saturated carbocycles. The molecule has 0 aliphatic carbocycles. The van der Waals surface area contributed by atoms with Crippen molar-refractivity contribution in [2.45, 2.75) is 36.7 Å². The van der Waals surface area contributed by atoms with Gasteiger partial charge in [-0.3, -0.25) is 0 Å². The molecule has 6 heteroatoms. The van der Waals surface area contributed by atoms with Gasteiger partial charge in [0.25, 0.3) is 0 Å². The quantitative estimate of drug-likeness (QED) is 0.644. The standard InChI is InChI=1S/C13H16BrN3S2/c1-3-9(15)12(10-4-5-11(14)18-10)19-13-16-6-8(2)7-17-13/h4-7,9,12H,3,15H2,1-2H3. The Kier molecular flexibility index (Phi) is 5.38. The smallest absolute Gasteiger partial charge is 0.188 e. The van der Waals surface area contributed by atoms with Gasteiger partial charge in [-0.25, -0.2) is 9.97 Å². The fourth-order valence-corrected chi connectivity index (χ4v) is 4.39. The Bertz CT molecular complexity index is 527. The summed E-state index contributed by atoms with van der Waals surface area (Å²) in [5.74, 6) is 0. The number of rotatable bonds is 5. The van der Waals surface area contributed by atoms with Crippen LogP contribution in [0.3, 0.4) is 0 Å². The first-order valence-electron chi connectivity index (χ1n) is 6.06. The number of thioether (sulfide) groups is 1. The maximum Gasteiger partial charge on any atom is 0.188 e. The molecular weight excluding hydrogens is 342 g/mol. The molecule has 0 aliphatic heterocycles. The van der Waals surface area contributed by atoms with Crippen molar-refractivity contribution < 1.29 is 0 Å². The molecule has 0 radical (unpaired) electrons. The van der Waals surface area contributed by atoms with Crippen LogP contribution in [0.15, 0.2) is 33.5 Å². The lowest BCUT2D eigenvalue weighted by atomic mass is 10.1. The highest BCUT2D eigenvalue weighted by Gasteiger charge is 2.22. The van der Waals surface area contributed by atoms with Gasteiger partial charge in [0, 0.05) is 23.3 Å². The van der Waals surface area contributed by atoms with Gasteiger partial charge >= 0.3 is 0 Å². The normalized spacial score (nSPS) is 14.3. The van der Waals surface area contributed by atoms with Crippen LogP contribution in [0.4, 0.5) is 0 Å². The van der Waals surface area contributed by atoms with Crippen molar-refractivity contribution in [3.63, 3.8) is 0 Å². The van der Waals surface area contributed by atoms with E-state index in [-0.39, 0.29) is 11.3 Å². The maximum atomic E-state index is 6.25. The van der Waals surface area contributed by atoms with E-state index in [1.165, 1.54) is 4.88 Å². The number of nitrogens with two attached hydrogens (primary N) is 1. The van der Waals surface area contributed by atoms with Gasteiger partial charge in [-0.2, -0.15) is 0 Å². The Morgan fingerprint density at radius 1 is 1.37 bits per heavy atom. The zero-order valence-electron chi connectivity index (χ0n) is 10.8. The van der Waals surface area contributed by atoms with Crippen molar-refractivity contribution in [3.8, 4) is 0 Å². The second-order valence-corrected chi connectivity index (χ2v) is 7.90. The van der Waals surface area contributed by atoms with Crippen LogP contribution < -0.4 is 5.73 Å². The van der Waals surface area contributed by atoms with Crippen LogP contribution >= 0.6 is 39.0 Å². The Labute approximate surface area is 130 Å². The van der Waals surface area contributed by atoms with Gasteiger partial charge in [0.05, 0.1) is 9.04 Å². The van der Waals surface area contributed by atoms with Crippen LogP contribution in [-0.4, -0.2) is 16.0 Å². The number of hydrogen-bond acceptors (Lipinski definition) is 5. The number of thiophene rings is 1. The Hall–Kier alpha value is -0.430. The molecule has 2 aromatic rings. The second-order valence-electron chi connectivity index (χ2n) is 4.30. The fourth-order valence-electron chi connectivity index (χ4n) is 1.61. The van der Waals surface area contributed by atoms with Crippen LogP contribution in [0, 0.1) is 6.92 Å². The third kappa shape index (κ3) is 4.02. The van der Waals surface area contributed by atoms with Crippen molar-refractivity contribution in [2.75, 3.05) is 0 Å². The van der Waals surface area contributed by atoms with Gasteiger partial charge in [-0.1, -0.05) is 18.7 Å². The molecule has 0 aliphatic rings. The second kappa shape index (κ2) is 6.83. The zero-order valence-corrected chi connectivity index (χ0v) is 14.1. The fraction of sp³-hybridized carbons (Fsp3) is 0.385. The summed E-state index contributed by atoms with van der Waals surface area (Å²) >= 11 is 6.86. The molecular formula is C13H16BrN3S2. The van der Waals surface area contributed by atoms with Gasteiger partial charge in [-0.15, -0.1) is 11.3 Å².